The Kier molecular flexibility index (Phi) is 5.70. The quantitative estimate of drug-likeness (QED) is 0.256. The molecule has 0 aliphatic carbocycles. The SMILES string of the molecule is CSc1cc(-c2c(-c3ccc(F)cc3)nc3n2C(COc2ccc4ccccc4n2)CC3)ccn1. The molecule has 1 aliphatic rings. The summed E-state index contributed by atoms with van der Waals surface area (Å²) < 4.78 is 22.1. The molecule has 4 heterocycles. The second-order valence-corrected chi connectivity index (χ2v) is 9.36. The van der Waals surface area contributed by atoms with Crippen molar-refractivity contribution in [1.82, 2.24) is 19.5 Å². The number of aromatic nitrogens is 4. The molecular formula is C28H23FN4OS. The maximum atomic E-state index is 13.6. The van der Waals surface area contributed by atoms with Crippen molar-refractivity contribution in [3.63, 3.8) is 0 Å². The summed E-state index contributed by atoms with van der Waals surface area (Å²) in [5.74, 6) is 1.37. The lowest BCUT2D eigenvalue weighted by Crippen LogP contribution is -2.15. The van der Waals surface area contributed by atoms with Crippen LogP contribution in [0.3, 0.4) is 0 Å². The van der Waals surface area contributed by atoms with Crippen LogP contribution in [0.4, 0.5) is 4.39 Å². The van der Waals surface area contributed by atoms with Crippen molar-refractivity contribution in [1.29, 1.82) is 0 Å². The molecule has 0 amide bonds. The summed E-state index contributed by atoms with van der Waals surface area (Å²) >= 11 is 1.60. The number of thioether (sulfide) groups is 1. The van der Waals surface area contributed by atoms with Crippen LogP contribution >= 0.6 is 11.8 Å². The van der Waals surface area contributed by atoms with E-state index >= 15 is 0 Å². The van der Waals surface area contributed by atoms with E-state index in [-0.39, 0.29) is 11.9 Å². The van der Waals surface area contributed by atoms with E-state index < -0.39 is 0 Å². The van der Waals surface area contributed by atoms with Crippen LogP contribution in [0.15, 0.2) is 84.0 Å². The van der Waals surface area contributed by atoms with Gasteiger partial charge in [0.25, 0.3) is 0 Å². The van der Waals surface area contributed by atoms with Crippen LogP contribution in [0.25, 0.3) is 33.4 Å². The van der Waals surface area contributed by atoms with Gasteiger partial charge in [0.1, 0.15) is 18.2 Å². The van der Waals surface area contributed by atoms with E-state index in [1.807, 2.05) is 54.9 Å². The van der Waals surface area contributed by atoms with Crippen LogP contribution in [-0.2, 0) is 6.42 Å². The fourth-order valence-electron chi connectivity index (χ4n) is 4.69. The van der Waals surface area contributed by atoms with Gasteiger partial charge in [0.05, 0.1) is 28.0 Å². The van der Waals surface area contributed by atoms with Gasteiger partial charge in [0.2, 0.25) is 5.88 Å². The molecule has 3 aromatic heterocycles. The smallest absolute Gasteiger partial charge is 0.213 e. The minimum absolute atomic E-state index is 0.112. The van der Waals surface area contributed by atoms with Crippen LogP contribution in [0.2, 0.25) is 0 Å². The second-order valence-electron chi connectivity index (χ2n) is 8.53. The first-order chi connectivity index (χ1) is 17.2. The number of hydrogen-bond donors (Lipinski definition) is 0. The minimum atomic E-state index is -0.259. The molecule has 0 radical (unpaired) electrons. The predicted octanol–water partition coefficient (Wildman–Crippen LogP) is 6.59. The number of fused-ring (bicyclic) bond motifs is 2. The summed E-state index contributed by atoms with van der Waals surface area (Å²) in [6, 6.07) is 22.7. The molecule has 0 saturated carbocycles. The number of nitrogens with zero attached hydrogens (tertiary/aromatic N) is 4. The maximum absolute atomic E-state index is 13.6. The highest BCUT2D eigenvalue weighted by molar-refractivity contribution is 7.98. The molecule has 174 valence electrons. The summed E-state index contributed by atoms with van der Waals surface area (Å²) in [5.41, 5.74) is 4.72. The van der Waals surface area contributed by atoms with Gasteiger partial charge in [-0.25, -0.2) is 19.3 Å². The van der Waals surface area contributed by atoms with E-state index in [0.29, 0.717) is 12.5 Å². The lowest BCUT2D eigenvalue weighted by molar-refractivity contribution is 0.248. The Balaban J connectivity index is 1.38. The van der Waals surface area contributed by atoms with Crippen LogP contribution in [0.5, 0.6) is 5.88 Å². The minimum Gasteiger partial charge on any atom is -0.475 e. The average molecular weight is 483 g/mol. The monoisotopic (exact) mass is 482 g/mol. The topological polar surface area (TPSA) is 52.8 Å². The molecule has 35 heavy (non-hydrogen) atoms. The van der Waals surface area contributed by atoms with E-state index in [1.165, 1.54) is 12.1 Å². The van der Waals surface area contributed by atoms with Crippen molar-refractivity contribution in [3.8, 4) is 28.4 Å². The molecule has 6 rings (SSSR count). The molecule has 5 aromatic rings. The Bertz CT molecular complexity index is 1520. The number of ether oxygens (including phenoxy) is 1. The lowest BCUT2D eigenvalue weighted by Gasteiger charge is -2.18. The van der Waals surface area contributed by atoms with Gasteiger partial charge in [-0.05, 0) is 61.2 Å². The Hall–Kier alpha value is -3.71. The van der Waals surface area contributed by atoms with Gasteiger partial charge in [-0.3, -0.25) is 0 Å². The van der Waals surface area contributed by atoms with Crippen LogP contribution < -0.4 is 4.74 Å². The second kappa shape index (κ2) is 9.15. The van der Waals surface area contributed by atoms with Crippen LogP contribution in [0.1, 0.15) is 18.3 Å². The van der Waals surface area contributed by atoms with E-state index in [9.17, 15) is 4.39 Å². The number of aryl methyl sites for hydroxylation is 1. The fraction of sp³-hybridized carbons (Fsp3) is 0.179. The van der Waals surface area contributed by atoms with Crippen molar-refractivity contribution in [2.75, 3.05) is 12.9 Å². The molecule has 0 fully saturated rings. The Morgan fingerprint density at radius 1 is 1.00 bits per heavy atom. The van der Waals surface area contributed by atoms with Gasteiger partial charge >= 0.3 is 0 Å². The van der Waals surface area contributed by atoms with Crippen molar-refractivity contribution >= 4 is 22.7 Å². The fourth-order valence-corrected chi connectivity index (χ4v) is 5.10. The number of halogens is 1. The zero-order valence-electron chi connectivity index (χ0n) is 19.2. The number of benzene rings is 2. The maximum Gasteiger partial charge on any atom is 0.213 e. The summed E-state index contributed by atoms with van der Waals surface area (Å²) in [7, 11) is 0. The molecule has 0 N–H and O–H groups in total. The molecule has 1 aliphatic heterocycles. The lowest BCUT2D eigenvalue weighted by atomic mass is 10.0. The van der Waals surface area contributed by atoms with Gasteiger partial charge in [0.15, 0.2) is 0 Å². The molecule has 7 heteroatoms. The molecule has 0 saturated heterocycles. The largest absolute Gasteiger partial charge is 0.475 e. The molecule has 1 unspecified atom stereocenters. The molecule has 1 atom stereocenters. The zero-order chi connectivity index (χ0) is 23.8. The van der Waals surface area contributed by atoms with E-state index in [4.69, 9.17) is 9.72 Å². The third kappa shape index (κ3) is 4.17. The molecular weight excluding hydrogens is 459 g/mol. The van der Waals surface area contributed by atoms with Crippen LogP contribution in [-0.4, -0.2) is 32.4 Å². The van der Waals surface area contributed by atoms with E-state index in [2.05, 4.69) is 20.6 Å². The van der Waals surface area contributed by atoms with Gasteiger partial charge in [-0.1, -0.05) is 18.2 Å². The summed E-state index contributed by atoms with van der Waals surface area (Å²) in [5, 5.41) is 2.03. The number of hydrogen-bond acceptors (Lipinski definition) is 5. The molecule has 0 spiro atoms. The van der Waals surface area contributed by atoms with Crippen molar-refractivity contribution in [2.24, 2.45) is 0 Å². The van der Waals surface area contributed by atoms with Crippen molar-refractivity contribution < 1.29 is 9.13 Å². The molecule has 5 nitrogen and oxygen atoms in total. The van der Waals surface area contributed by atoms with E-state index in [0.717, 1.165) is 57.1 Å². The third-order valence-electron chi connectivity index (χ3n) is 6.38. The first kappa shape index (κ1) is 21.8. The highest BCUT2D eigenvalue weighted by Gasteiger charge is 2.31. The molecule has 2 aromatic carbocycles. The Morgan fingerprint density at radius 3 is 2.71 bits per heavy atom. The number of pyridine rings is 2. The number of rotatable bonds is 6. The Labute approximate surface area is 207 Å². The zero-order valence-corrected chi connectivity index (χ0v) is 20.0. The summed E-state index contributed by atoms with van der Waals surface area (Å²) in [4.78, 5) is 14.1. The third-order valence-corrected chi connectivity index (χ3v) is 7.02. The molecule has 0 bridgehead atoms. The van der Waals surface area contributed by atoms with Gasteiger partial charge in [0, 0.05) is 35.2 Å². The van der Waals surface area contributed by atoms with Gasteiger partial charge in [-0.2, -0.15) is 0 Å². The standard InChI is InChI=1S/C28H23FN4OS/c1-35-26-16-20(14-15-30-26)28-27(19-6-9-21(29)10-7-19)32-24-12-11-22(33(24)28)17-34-25-13-8-18-4-2-3-5-23(18)31-25/h2-10,13-16,22H,11-12,17H2,1H3. The van der Waals surface area contributed by atoms with Crippen LogP contribution in [0, 0.1) is 5.82 Å². The normalized spacial score (nSPS) is 14.9. The van der Waals surface area contributed by atoms with Crippen molar-refractivity contribution in [3.05, 3.63) is 90.6 Å². The Morgan fingerprint density at radius 2 is 1.86 bits per heavy atom. The van der Waals surface area contributed by atoms with Crippen molar-refractivity contribution in [2.45, 2.75) is 23.9 Å². The summed E-state index contributed by atoms with van der Waals surface area (Å²) in [6.45, 7) is 0.491. The van der Waals surface area contributed by atoms with Gasteiger partial charge in [-0.15, -0.1) is 11.8 Å². The highest BCUT2D eigenvalue weighted by atomic mass is 32.2. The first-order valence-corrected chi connectivity index (χ1v) is 12.8. The summed E-state index contributed by atoms with van der Waals surface area (Å²) in [6.07, 6.45) is 5.64. The predicted molar refractivity (Wildman–Crippen MR) is 137 cm³/mol. The average Bonchev–Trinajstić information content (AvgIpc) is 3.47. The van der Waals surface area contributed by atoms with E-state index in [1.54, 1.807) is 23.9 Å². The first-order valence-electron chi connectivity index (χ1n) is 11.6. The number of para-hydroxylation sites is 1. The number of imidazole rings is 1. The highest BCUT2D eigenvalue weighted by Crippen LogP contribution is 2.40. The van der Waals surface area contributed by atoms with Gasteiger partial charge < -0.3 is 9.30 Å².